The zero-order chi connectivity index (χ0) is 29.5. The Morgan fingerprint density at radius 3 is 2.13 bits per heavy atom. The predicted octanol–water partition coefficient (Wildman–Crippen LogP) is 6.23. The third-order valence-corrected chi connectivity index (χ3v) is 8.10. The van der Waals surface area contributed by atoms with Gasteiger partial charge in [-0.15, -0.1) is 0 Å². The van der Waals surface area contributed by atoms with Crippen molar-refractivity contribution in [2.45, 2.75) is 99.6 Å². The van der Waals surface area contributed by atoms with E-state index in [4.69, 9.17) is 9.47 Å². The van der Waals surface area contributed by atoms with Crippen LogP contribution in [0.25, 0.3) is 0 Å². The molecule has 1 N–H and O–H groups in total. The van der Waals surface area contributed by atoms with Crippen LogP contribution in [0.4, 0.5) is 0 Å². The van der Waals surface area contributed by atoms with Crippen LogP contribution in [0.5, 0.6) is 5.75 Å². The third-order valence-electron chi connectivity index (χ3n) is 8.10. The normalized spacial score (nSPS) is 13.5. The van der Waals surface area contributed by atoms with Gasteiger partial charge in [0.15, 0.2) is 5.78 Å². The van der Waals surface area contributed by atoms with Gasteiger partial charge in [0, 0.05) is 23.1 Å². The number of aromatic nitrogens is 1. The fourth-order valence-electron chi connectivity index (χ4n) is 5.07. The maximum absolute atomic E-state index is 13.4. The number of amides is 1. The summed E-state index contributed by atoms with van der Waals surface area (Å²) in [6.45, 7) is 18.6. The number of hydrogen-bond acceptors (Lipinski definition) is 5. The Bertz CT molecular complexity index is 1150. The van der Waals surface area contributed by atoms with E-state index in [1.54, 1.807) is 0 Å². The van der Waals surface area contributed by atoms with E-state index in [2.05, 4.69) is 35.9 Å². The number of nitrogens with zero attached hydrogens (tertiary/aromatic N) is 1. The highest BCUT2D eigenvalue weighted by Crippen LogP contribution is 2.41. The molecule has 0 aliphatic carbocycles. The maximum Gasteiger partial charge on any atom is 0.328 e. The van der Waals surface area contributed by atoms with Crippen molar-refractivity contribution in [3.05, 3.63) is 52.8 Å². The lowest BCUT2D eigenvalue weighted by molar-refractivity contribution is -0.144. The van der Waals surface area contributed by atoms with Crippen LogP contribution >= 0.6 is 0 Å². The number of rotatable bonds is 13. The number of ether oxygens (including phenoxy) is 2. The molecule has 39 heavy (non-hydrogen) atoms. The van der Waals surface area contributed by atoms with Crippen molar-refractivity contribution in [1.82, 2.24) is 9.88 Å². The average molecular weight is 541 g/mol. The van der Waals surface area contributed by atoms with Gasteiger partial charge in [0.2, 0.25) is 0 Å². The molecule has 216 valence electrons. The minimum absolute atomic E-state index is 0.0385. The van der Waals surface area contributed by atoms with Crippen LogP contribution in [-0.4, -0.2) is 42.0 Å². The van der Waals surface area contributed by atoms with Gasteiger partial charge in [-0.3, -0.25) is 9.59 Å². The quantitative estimate of drug-likeness (QED) is 0.304. The largest absolute Gasteiger partial charge is 0.486 e. The lowest BCUT2D eigenvalue weighted by atomic mass is 9.72. The van der Waals surface area contributed by atoms with Crippen LogP contribution in [-0.2, 0) is 26.3 Å². The van der Waals surface area contributed by atoms with Gasteiger partial charge in [-0.05, 0) is 61.9 Å². The molecule has 0 aliphatic rings. The Kier molecular flexibility index (Phi) is 11.0. The molecule has 2 rings (SSSR count). The summed E-state index contributed by atoms with van der Waals surface area (Å²) >= 11 is 0. The van der Waals surface area contributed by atoms with Gasteiger partial charge >= 0.3 is 5.97 Å². The molecule has 1 heterocycles. The van der Waals surface area contributed by atoms with Crippen molar-refractivity contribution in [2.24, 2.45) is 11.3 Å². The molecule has 1 aromatic heterocycles. The van der Waals surface area contributed by atoms with Crippen LogP contribution in [0.15, 0.2) is 30.3 Å². The van der Waals surface area contributed by atoms with E-state index in [0.717, 1.165) is 36.1 Å². The molecule has 0 saturated carbocycles. The predicted molar refractivity (Wildman–Crippen MR) is 155 cm³/mol. The van der Waals surface area contributed by atoms with E-state index in [0.29, 0.717) is 18.0 Å². The van der Waals surface area contributed by atoms with Crippen molar-refractivity contribution in [2.75, 3.05) is 13.7 Å². The number of carbonyl (C=O) groups is 3. The van der Waals surface area contributed by atoms with Crippen LogP contribution in [0.3, 0.4) is 0 Å². The van der Waals surface area contributed by atoms with Gasteiger partial charge < -0.3 is 19.4 Å². The SMILES string of the molecule is CC[C@@H](C)[C@H](NC(=O)c1ccc(C(CC)(CC)c2ccc(OCC(=O)C(C)(C)C)c(C)c2)n1CC)C(=O)OC. The van der Waals surface area contributed by atoms with E-state index < -0.39 is 17.4 Å². The summed E-state index contributed by atoms with van der Waals surface area (Å²) in [5.74, 6) is -0.0351. The molecule has 0 fully saturated rings. The molecule has 0 aliphatic heterocycles. The second kappa shape index (κ2) is 13.3. The number of methoxy groups -OCH3 is 1. The molecule has 0 unspecified atom stereocenters. The van der Waals surface area contributed by atoms with Crippen molar-refractivity contribution < 1.29 is 23.9 Å². The molecule has 2 atom stereocenters. The van der Waals surface area contributed by atoms with Gasteiger partial charge in [-0.2, -0.15) is 0 Å². The zero-order valence-corrected chi connectivity index (χ0v) is 25.6. The van der Waals surface area contributed by atoms with Crippen molar-refractivity contribution in [1.29, 1.82) is 0 Å². The minimum Gasteiger partial charge on any atom is -0.486 e. The lowest BCUT2D eigenvalue weighted by Crippen LogP contribution is -2.46. The van der Waals surface area contributed by atoms with Crippen LogP contribution < -0.4 is 10.1 Å². The van der Waals surface area contributed by atoms with E-state index in [1.807, 2.05) is 66.7 Å². The smallest absolute Gasteiger partial charge is 0.328 e. The molecule has 1 amide bonds. The monoisotopic (exact) mass is 540 g/mol. The number of hydrogen-bond donors (Lipinski definition) is 1. The molecule has 1 aromatic carbocycles. The fraction of sp³-hybridized carbons (Fsp3) is 0.594. The Hall–Kier alpha value is -3.09. The van der Waals surface area contributed by atoms with Crippen LogP contribution in [0, 0.1) is 18.3 Å². The minimum atomic E-state index is -0.710. The summed E-state index contributed by atoms with van der Waals surface area (Å²) in [5, 5.41) is 2.92. The molecule has 7 heteroatoms. The molecular formula is C32H48N2O5. The number of aryl methyl sites for hydroxylation is 1. The summed E-state index contributed by atoms with van der Waals surface area (Å²) in [4.78, 5) is 38.2. The maximum atomic E-state index is 13.4. The highest BCUT2D eigenvalue weighted by atomic mass is 16.5. The fourth-order valence-corrected chi connectivity index (χ4v) is 5.07. The number of Topliss-reactive ketones (excluding diaryl/α,β-unsaturated/α-hetero) is 1. The van der Waals surface area contributed by atoms with Crippen molar-refractivity contribution >= 4 is 17.7 Å². The van der Waals surface area contributed by atoms with Gasteiger partial charge in [0.05, 0.1) is 7.11 Å². The van der Waals surface area contributed by atoms with Crippen LogP contribution in [0.2, 0.25) is 0 Å². The van der Waals surface area contributed by atoms with Crippen LogP contribution in [0.1, 0.15) is 102 Å². The number of nitrogens with one attached hydrogen (secondary N) is 1. The number of carbonyl (C=O) groups excluding carboxylic acids is 3. The van der Waals surface area contributed by atoms with E-state index in [-0.39, 0.29) is 29.6 Å². The topological polar surface area (TPSA) is 86.6 Å². The number of ketones is 1. The van der Waals surface area contributed by atoms with E-state index >= 15 is 0 Å². The Morgan fingerprint density at radius 1 is 1.00 bits per heavy atom. The second-order valence-electron chi connectivity index (χ2n) is 11.4. The summed E-state index contributed by atoms with van der Waals surface area (Å²) in [7, 11) is 1.34. The highest BCUT2D eigenvalue weighted by molar-refractivity contribution is 5.96. The number of benzene rings is 1. The van der Waals surface area contributed by atoms with Gasteiger partial charge in [-0.1, -0.05) is 67.0 Å². The van der Waals surface area contributed by atoms with Gasteiger partial charge in [-0.25, -0.2) is 4.79 Å². The molecule has 0 radical (unpaired) electrons. The summed E-state index contributed by atoms with van der Waals surface area (Å²) in [5.41, 5.74) is 2.88. The van der Waals surface area contributed by atoms with Gasteiger partial charge in [0.25, 0.3) is 5.91 Å². The first kappa shape index (κ1) is 32.1. The molecular weight excluding hydrogens is 492 g/mol. The highest BCUT2D eigenvalue weighted by Gasteiger charge is 2.36. The van der Waals surface area contributed by atoms with Crippen molar-refractivity contribution in [3.8, 4) is 5.75 Å². The van der Waals surface area contributed by atoms with E-state index in [9.17, 15) is 14.4 Å². The van der Waals surface area contributed by atoms with Gasteiger partial charge in [0.1, 0.15) is 24.1 Å². The lowest BCUT2D eigenvalue weighted by Gasteiger charge is -2.35. The first-order chi connectivity index (χ1) is 18.3. The second-order valence-corrected chi connectivity index (χ2v) is 11.4. The molecule has 7 nitrogen and oxygen atoms in total. The van der Waals surface area contributed by atoms with E-state index in [1.165, 1.54) is 7.11 Å². The molecule has 2 aromatic rings. The summed E-state index contributed by atoms with van der Waals surface area (Å²) in [6.07, 6.45) is 2.39. The molecule has 0 spiro atoms. The first-order valence-corrected chi connectivity index (χ1v) is 14.2. The summed E-state index contributed by atoms with van der Waals surface area (Å²) < 4.78 is 12.9. The average Bonchev–Trinajstić information content (AvgIpc) is 3.35. The first-order valence-electron chi connectivity index (χ1n) is 14.2. The third kappa shape index (κ3) is 6.92. The Labute approximate surface area is 234 Å². The number of esters is 1. The summed E-state index contributed by atoms with van der Waals surface area (Å²) in [6, 6.07) is 9.32. The molecule has 0 saturated heterocycles. The molecule has 0 bridgehead atoms. The standard InChI is InChI=1S/C32H48N2O5/c1-11-21(5)28(30(37)38-10)33-29(36)24-16-18-26(34(24)14-4)32(12-2,13-3)23-15-17-25(22(6)19-23)39-20-27(35)31(7,8)9/h15-19,21,28H,11-14,20H2,1-10H3,(H,33,36)/t21-,28+/m1/s1. The van der Waals surface area contributed by atoms with Crippen molar-refractivity contribution in [3.63, 3.8) is 0 Å². The Morgan fingerprint density at radius 2 is 1.64 bits per heavy atom. The zero-order valence-electron chi connectivity index (χ0n) is 25.6. The Balaban J connectivity index is 2.46.